The smallest absolute Gasteiger partial charge is 0.275 e. The van der Waals surface area contributed by atoms with Crippen LogP contribution in [0.2, 0.25) is 0 Å². The number of carbonyl (C=O) groups is 1. The van der Waals surface area contributed by atoms with Gasteiger partial charge < -0.3 is 9.88 Å². The van der Waals surface area contributed by atoms with E-state index in [-0.39, 0.29) is 11.9 Å². The van der Waals surface area contributed by atoms with Crippen molar-refractivity contribution in [3.8, 4) is 5.69 Å². The number of rotatable bonds is 4. The van der Waals surface area contributed by atoms with Crippen molar-refractivity contribution in [2.24, 2.45) is 0 Å². The minimum Gasteiger partial charge on any atom is -0.340 e. The van der Waals surface area contributed by atoms with Crippen molar-refractivity contribution in [1.82, 2.24) is 29.6 Å². The van der Waals surface area contributed by atoms with Crippen molar-refractivity contribution in [3.63, 3.8) is 0 Å². The fraction of sp³-hybridized carbons (Fsp3) is 0.273. The second-order valence-corrected chi connectivity index (χ2v) is 8.31. The lowest BCUT2D eigenvalue weighted by molar-refractivity contribution is 0.0724. The lowest BCUT2D eigenvalue weighted by Gasteiger charge is -2.24. The monoisotopic (exact) mass is 418 g/mol. The van der Waals surface area contributed by atoms with E-state index in [0.29, 0.717) is 17.9 Å². The summed E-state index contributed by atoms with van der Waals surface area (Å²) in [5.41, 5.74) is 3.84. The number of likely N-dealkylation sites (tertiary alicyclic amines) is 1. The highest BCUT2D eigenvalue weighted by atomic mass is 32.2. The maximum Gasteiger partial charge on any atom is 0.275 e. The van der Waals surface area contributed by atoms with Crippen LogP contribution >= 0.6 is 11.8 Å². The molecule has 0 aliphatic carbocycles. The molecule has 1 aliphatic heterocycles. The highest BCUT2D eigenvalue weighted by Crippen LogP contribution is 2.33. The number of carbonyl (C=O) groups excluding carboxylic acids is 1. The predicted molar refractivity (Wildman–Crippen MR) is 117 cm³/mol. The number of aromatic amines is 1. The number of nitrogens with zero attached hydrogens (tertiary/aromatic N) is 5. The fourth-order valence-electron chi connectivity index (χ4n) is 4.03. The van der Waals surface area contributed by atoms with E-state index in [1.54, 1.807) is 22.6 Å². The number of fused-ring (bicyclic) bond motifs is 1. The Morgan fingerprint density at radius 2 is 2.13 bits per heavy atom. The lowest BCUT2D eigenvalue weighted by Crippen LogP contribution is -2.32. The van der Waals surface area contributed by atoms with Crippen LogP contribution in [0.1, 0.15) is 40.9 Å². The zero-order chi connectivity index (χ0) is 20.7. The topological polar surface area (TPSA) is 79.7 Å². The summed E-state index contributed by atoms with van der Waals surface area (Å²) in [5, 5.41) is 4.29. The molecule has 1 amide bonds. The molecule has 152 valence electrons. The minimum absolute atomic E-state index is 0.0861. The van der Waals surface area contributed by atoms with Gasteiger partial charge in [-0.15, -0.1) is 11.8 Å². The van der Waals surface area contributed by atoms with E-state index in [0.717, 1.165) is 35.4 Å². The number of hydrogen-bond acceptors (Lipinski definition) is 5. The van der Waals surface area contributed by atoms with Crippen LogP contribution in [0.3, 0.4) is 0 Å². The Morgan fingerprint density at radius 1 is 1.23 bits per heavy atom. The number of imidazole rings is 1. The summed E-state index contributed by atoms with van der Waals surface area (Å²) >= 11 is 1.70. The standard InChI is InChI=1S/C22H22N6OS/c1-14-6-9-18(28-12-4-10-23-28)20(24-14)22(29)27-11-3-5-19(27)21-25-16-8-7-15(30-2)13-17(16)26-21/h4,6-10,12-13,19H,3,5,11H2,1-2H3,(H,25,26). The number of H-pyrrole nitrogens is 1. The van der Waals surface area contributed by atoms with Crippen LogP contribution in [0.15, 0.2) is 53.7 Å². The second kappa shape index (κ2) is 7.60. The molecule has 5 rings (SSSR count). The van der Waals surface area contributed by atoms with Gasteiger partial charge in [0.25, 0.3) is 5.91 Å². The third-order valence-corrected chi connectivity index (χ3v) is 6.23. The average Bonchev–Trinajstić information content (AvgIpc) is 3.52. The molecule has 1 fully saturated rings. The first-order valence-electron chi connectivity index (χ1n) is 9.96. The van der Waals surface area contributed by atoms with E-state index in [1.165, 1.54) is 4.90 Å². The van der Waals surface area contributed by atoms with E-state index in [4.69, 9.17) is 4.98 Å². The molecule has 1 aromatic carbocycles. The Bertz CT molecular complexity index is 1220. The van der Waals surface area contributed by atoms with Crippen LogP contribution < -0.4 is 0 Å². The molecule has 1 atom stereocenters. The van der Waals surface area contributed by atoms with E-state index in [2.05, 4.69) is 33.5 Å². The molecular formula is C22H22N6OS. The molecule has 4 heterocycles. The summed E-state index contributed by atoms with van der Waals surface area (Å²) in [6.45, 7) is 2.58. The number of thioether (sulfide) groups is 1. The summed E-state index contributed by atoms with van der Waals surface area (Å²) in [7, 11) is 0. The third kappa shape index (κ3) is 3.27. The Labute approximate surface area is 178 Å². The predicted octanol–water partition coefficient (Wildman–Crippen LogP) is 4.15. The molecule has 0 saturated carbocycles. The number of aromatic nitrogens is 5. The quantitative estimate of drug-likeness (QED) is 0.504. The van der Waals surface area contributed by atoms with Gasteiger partial charge in [-0.25, -0.2) is 14.6 Å². The summed E-state index contributed by atoms with van der Waals surface area (Å²) in [6, 6.07) is 11.8. The van der Waals surface area contributed by atoms with Gasteiger partial charge in [-0.05, 0) is 62.4 Å². The number of aryl methyl sites for hydroxylation is 1. The van der Waals surface area contributed by atoms with Crippen molar-refractivity contribution in [2.75, 3.05) is 12.8 Å². The van der Waals surface area contributed by atoms with Crippen LogP contribution in [0.5, 0.6) is 0 Å². The molecule has 1 unspecified atom stereocenters. The van der Waals surface area contributed by atoms with Gasteiger partial charge in [0.05, 0.1) is 22.8 Å². The summed E-state index contributed by atoms with van der Waals surface area (Å²) in [4.78, 5) is 29.5. The largest absolute Gasteiger partial charge is 0.340 e. The van der Waals surface area contributed by atoms with Gasteiger partial charge in [0.1, 0.15) is 5.82 Å². The summed E-state index contributed by atoms with van der Waals surface area (Å²) in [5.74, 6) is 0.749. The van der Waals surface area contributed by atoms with Gasteiger partial charge in [0.15, 0.2) is 5.69 Å². The van der Waals surface area contributed by atoms with E-state index in [1.807, 2.05) is 42.3 Å². The third-order valence-electron chi connectivity index (χ3n) is 5.50. The molecule has 8 heteroatoms. The first kappa shape index (κ1) is 18.9. The van der Waals surface area contributed by atoms with Gasteiger partial charge in [0.2, 0.25) is 0 Å². The minimum atomic E-state index is -0.0876. The van der Waals surface area contributed by atoms with Crippen molar-refractivity contribution >= 4 is 28.7 Å². The van der Waals surface area contributed by atoms with Crippen molar-refractivity contribution < 1.29 is 4.79 Å². The average molecular weight is 419 g/mol. The van der Waals surface area contributed by atoms with E-state index < -0.39 is 0 Å². The molecule has 30 heavy (non-hydrogen) atoms. The van der Waals surface area contributed by atoms with E-state index in [9.17, 15) is 4.79 Å². The maximum atomic E-state index is 13.6. The first-order chi connectivity index (χ1) is 14.6. The zero-order valence-electron chi connectivity index (χ0n) is 16.9. The van der Waals surface area contributed by atoms with Crippen molar-refractivity contribution in [1.29, 1.82) is 0 Å². The molecule has 0 radical (unpaired) electrons. The molecule has 3 aromatic heterocycles. The van der Waals surface area contributed by atoms with Crippen LogP contribution in [0, 0.1) is 6.92 Å². The number of amides is 1. The summed E-state index contributed by atoms with van der Waals surface area (Å²) in [6.07, 6.45) is 7.40. The zero-order valence-corrected chi connectivity index (χ0v) is 17.7. The molecule has 4 aromatic rings. The van der Waals surface area contributed by atoms with Gasteiger partial charge in [-0.2, -0.15) is 5.10 Å². The first-order valence-corrected chi connectivity index (χ1v) is 11.2. The van der Waals surface area contributed by atoms with Crippen molar-refractivity contribution in [2.45, 2.75) is 30.7 Å². The lowest BCUT2D eigenvalue weighted by atomic mass is 10.2. The van der Waals surface area contributed by atoms with Gasteiger partial charge in [-0.1, -0.05) is 0 Å². The van der Waals surface area contributed by atoms with Crippen LogP contribution in [-0.4, -0.2) is 48.3 Å². The number of benzene rings is 1. The van der Waals surface area contributed by atoms with E-state index >= 15 is 0 Å². The maximum absolute atomic E-state index is 13.6. The van der Waals surface area contributed by atoms with Gasteiger partial charge >= 0.3 is 0 Å². The molecular weight excluding hydrogens is 396 g/mol. The van der Waals surface area contributed by atoms with Crippen molar-refractivity contribution in [3.05, 3.63) is 66.0 Å². The number of pyridine rings is 1. The molecule has 7 nitrogen and oxygen atoms in total. The number of nitrogens with one attached hydrogen (secondary N) is 1. The fourth-order valence-corrected chi connectivity index (χ4v) is 4.47. The highest BCUT2D eigenvalue weighted by molar-refractivity contribution is 7.98. The van der Waals surface area contributed by atoms with Crippen LogP contribution in [-0.2, 0) is 0 Å². The molecule has 1 saturated heterocycles. The number of hydrogen-bond donors (Lipinski definition) is 1. The van der Waals surface area contributed by atoms with Gasteiger partial charge in [0, 0.05) is 29.5 Å². The Morgan fingerprint density at radius 3 is 2.93 bits per heavy atom. The molecule has 1 aliphatic rings. The molecule has 0 bridgehead atoms. The Hall–Kier alpha value is -3.13. The normalized spacial score (nSPS) is 16.5. The highest BCUT2D eigenvalue weighted by Gasteiger charge is 2.34. The second-order valence-electron chi connectivity index (χ2n) is 7.43. The summed E-state index contributed by atoms with van der Waals surface area (Å²) < 4.78 is 1.69. The van der Waals surface area contributed by atoms with Crippen LogP contribution in [0.25, 0.3) is 16.7 Å². The Balaban J connectivity index is 1.51. The SMILES string of the molecule is CSc1ccc2nc(C3CCCN3C(=O)c3nc(C)ccc3-n3cccn3)[nH]c2c1. The van der Waals surface area contributed by atoms with Crippen LogP contribution in [0.4, 0.5) is 0 Å². The molecule has 0 spiro atoms. The van der Waals surface area contributed by atoms with Gasteiger partial charge in [-0.3, -0.25) is 4.79 Å². The Kier molecular flexibility index (Phi) is 4.78. The molecule has 1 N–H and O–H groups in total.